The van der Waals surface area contributed by atoms with Gasteiger partial charge in [-0.3, -0.25) is 14.5 Å². The maximum absolute atomic E-state index is 12.2. The van der Waals surface area contributed by atoms with E-state index in [9.17, 15) is 4.79 Å². The molecule has 7 heteroatoms. The van der Waals surface area contributed by atoms with Crippen molar-refractivity contribution < 1.29 is 9.53 Å². The Morgan fingerprint density at radius 3 is 2.62 bits per heavy atom. The van der Waals surface area contributed by atoms with Crippen LogP contribution < -0.4 is 10.1 Å². The van der Waals surface area contributed by atoms with E-state index in [1.165, 1.54) is 25.7 Å². The SMILES string of the molecule is CCOc1ccc(-c2n[nH]c(=S)n2CCC(=O)NCCCCCCC(C)C)cc1. The molecule has 160 valence electrons. The summed E-state index contributed by atoms with van der Waals surface area (Å²) in [5, 5.41) is 10.2. The van der Waals surface area contributed by atoms with Crippen molar-refractivity contribution in [2.45, 2.75) is 65.8 Å². The van der Waals surface area contributed by atoms with Crippen LogP contribution in [0.1, 0.15) is 59.3 Å². The zero-order chi connectivity index (χ0) is 21.1. The highest BCUT2D eigenvalue weighted by atomic mass is 32.1. The lowest BCUT2D eigenvalue weighted by atomic mass is 10.0. The number of carbonyl (C=O) groups excluding carboxylic acids is 1. The minimum atomic E-state index is 0.0490. The molecule has 2 N–H and O–H groups in total. The van der Waals surface area contributed by atoms with E-state index < -0.39 is 0 Å². The molecule has 1 heterocycles. The van der Waals surface area contributed by atoms with Crippen molar-refractivity contribution in [2.24, 2.45) is 5.92 Å². The van der Waals surface area contributed by atoms with Gasteiger partial charge in [0.1, 0.15) is 5.75 Å². The van der Waals surface area contributed by atoms with Crippen LogP contribution in [-0.2, 0) is 11.3 Å². The number of hydrogen-bond donors (Lipinski definition) is 2. The second kappa shape index (κ2) is 12.4. The van der Waals surface area contributed by atoms with Crippen LogP contribution in [0.15, 0.2) is 24.3 Å². The van der Waals surface area contributed by atoms with Gasteiger partial charge in [-0.15, -0.1) is 0 Å². The number of hydrogen-bond acceptors (Lipinski definition) is 4. The van der Waals surface area contributed by atoms with Crippen molar-refractivity contribution in [3.05, 3.63) is 29.0 Å². The number of carbonyl (C=O) groups is 1. The van der Waals surface area contributed by atoms with Gasteiger partial charge in [-0.25, -0.2) is 0 Å². The summed E-state index contributed by atoms with van der Waals surface area (Å²) in [5.41, 5.74) is 0.933. The number of ether oxygens (including phenoxy) is 1. The molecule has 0 aliphatic carbocycles. The first kappa shape index (κ1) is 23.1. The van der Waals surface area contributed by atoms with Crippen LogP contribution in [0.2, 0.25) is 0 Å². The summed E-state index contributed by atoms with van der Waals surface area (Å²) < 4.78 is 7.87. The Kier molecular flexibility index (Phi) is 9.91. The molecule has 0 aliphatic heterocycles. The van der Waals surface area contributed by atoms with Crippen molar-refractivity contribution in [3.63, 3.8) is 0 Å². The Morgan fingerprint density at radius 2 is 1.93 bits per heavy atom. The first-order valence-electron chi connectivity index (χ1n) is 10.7. The lowest BCUT2D eigenvalue weighted by Gasteiger charge is -2.09. The van der Waals surface area contributed by atoms with Crippen LogP contribution in [0.5, 0.6) is 5.75 Å². The molecule has 0 aliphatic rings. The third-order valence-electron chi connectivity index (χ3n) is 4.77. The van der Waals surface area contributed by atoms with E-state index in [1.54, 1.807) is 0 Å². The molecule has 2 rings (SSSR count). The summed E-state index contributed by atoms with van der Waals surface area (Å²) in [6.07, 6.45) is 6.38. The van der Waals surface area contributed by atoms with Crippen molar-refractivity contribution in [2.75, 3.05) is 13.2 Å². The van der Waals surface area contributed by atoms with Gasteiger partial charge in [-0.05, 0) is 55.7 Å². The number of unbranched alkanes of at least 4 members (excludes halogenated alkanes) is 3. The van der Waals surface area contributed by atoms with E-state index in [0.29, 0.717) is 24.3 Å². The monoisotopic (exact) mass is 418 g/mol. The molecular weight excluding hydrogens is 384 g/mol. The Hall–Kier alpha value is -2.15. The largest absolute Gasteiger partial charge is 0.494 e. The van der Waals surface area contributed by atoms with E-state index in [0.717, 1.165) is 36.0 Å². The molecule has 0 bridgehead atoms. The maximum Gasteiger partial charge on any atom is 0.221 e. The van der Waals surface area contributed by atoms with Crippen molar-refractivity contribution in [3.8, 4) is 17.1 Å². The number of nitrogens with zero attached hydrogens (tertiary/aromatic N) is 2. The molecule has 0 saturated carbocycles. The van der Waals surface area contributed by atoms with E-state index in [1.807, 2.05) is 35.8 Å². The van der Waals surface area contributed by atoms with Crippen LogP contribution in [0.3, 0.4) is 0 Å². The van der Waals surface area contributed by atoms with Gasteiger partial charge in [0, 0.05) is 25.1 Å². The summed E-state index contributed by atoms with van der Waals surface area (Å²) in [6.45, 7) is 8.34. The van der Waals surface area contributed by atoms with E-state index >= 15 is 0 Å². The summed E-state index contributed by atoms with van der Waals surface area (Å²) >= 11 is 5.35. The Balaban J connectivity index is 1.78. The van der Waals surface area contributed by atoms with E-state index in [-0.39, 0.29) is 5.91 Å². The highest BCUT2D eigenvalue weighted by molar-refractivity contribution is 7.71. The van der Waals surface area contributed by atoms with Crippen LogP contribution in [0.25, 0.3) is 11.4 Å². The molecule has 29 heavy (non-hydrogen) atoms. The standard InChI is InChI=1S/C22H34N4O2S/c1-4-28-19-12-10-18(11-13-19)21-24-25-22(29)26(21)16-14-20(27)23-15-8-6-5-7-9-17(2)3/h10-13,17H,4-9,14-16H2,1-3H3,(H,23,27)(H,25,29). The first-order chi connectivity index (χ1) is 14.0. The Morgan fingerprint density at radius 1 is 1.21 bits per heavy atom. The zero-order valence-electron chi connectivity index (χ0n) is 17.9. The summed E-state index contributed by atoms with van der Waals surface area (Å²) in [5.74, 6) is 2.38. The van der Waals surface area contributed by atoms with Crippen LogP contribution in [0.4, 0.5) is 0 Å². The topological polar surface area (TPSA) is 71.9 Å². The molecule has 0 spiro atoms. The molecule has 0 radical (unpaired) electrons. The van der Waals surface area contributed by atoms with Gasteiger partial charge in [-0.1, -0.05) is 39.5 Å². The van der Waals surface area contributed by atoms with Crippen LogP contribution in [0, 0.1) is 10.7 Å². The Bertz CT molecular complexity index is 796. The van der Waals surface area contributed by atoms with Crippen LogP contribution >= 0.6 is 12.2 Å². The average molecular weight is 419 g/mol. The summed E-state index contributed by atoms with van der Waals surface area (Å²) in [7, 11) is 0. The third-order valence-corrected chi connectivity index (χ3v) is 5.09. The molecule has 1 aromatic heterocycles. The maximum atomic E-state index is 12.2. The highest BCUT2D eigenvalue weighted by Crippen LogP contribution is 2.21. The van der Waals surface area contributed by atoms with Gasteiger partial charge in [-0.2, -0.15) is 5.10 Å². The number of amides is 1. The summed E-state index contributed by atoms with van der Waals surface area (Å²) in [4.78, 5) is 12.2. The second-order valence-electron chi connectivity index (χ2n) is 7.66. The highest BCUT2D eigenvalue weighted by Gasteiger charge is 2.11. The fourth-order valence-electron chi connectivity index (χ4n) is 3.17. The lowest BCUT2D eigenvalue weighted by molar-refractivity contribution is -0.121. The minimum absolute atomic E-state index is 0.0490. The van der Waals surface area contributed by atoms with Crippen LogP contribution in [-0.4, -0.2) is 33.8 Å². The quantitative estimate of drug-likeness (QED) is 0.350. The van der Waals surface area contributed by atoms with Gasteiger partial charge in [0.25, 0.3) is 0 Å². The average Bonchev–Trinajstić information content (AvgIpc) is 3.06. The Labute approximate surface area is 179 Å². The molecular formula is C22H34N4O2S. The second-order valence-corrected chi connectivity index (χ2v) is 8.04. The minimum Gasteiger partial charge on any atom is -0.494 e. The van der Waals surface area contributed by atoms with Gasteiger partial charge in [0.2, 0.25) is 5.91 Å². The normalized spacial score (nSPS) is 11.0. The molecule has 0 unspecified atom stereocenters. The zero-order valence-corrected chi connectivity index (χ0v) is 18.7. The third kappa shape index (κ3) is 8.01. The van der Waals surface area contributed by atoms with E-state index in [2.05, 4.69) is 29.4 Å². The fourth-order valence-corrected chi connectivity index (χ4v) is 3.40. The number of nitrogens with one attached hydrogen (secondary N) is 2. The van der Waals surface area contributed by atoms with Gasteiger partial charge in [0.15, 0.2) is 10.6 Å². The predicted octanol–water partition coefficient (Wildman–Crippen LogP) is 5.12. The van der Waals surface area contributed by atoms with E-state index in [4.69, 9.17) is 17.0 Å². The number of aromatic amines is 1. The first-order valence-corrected chi connectivity index (χ1v) is 11.1. The number of H-pyrrole nitrogens is 1. The summed E-state index contributed by atoms with van der Waals surface area (Å²) in [6, 6.07) is 7.72. The number of aromatic nitrogens is 3. The molecule has 0 atom stereocenters. The fraction of sp³-hybridized carbons (Fsp3) is 0.591. The molecule has 6 nitrogen and oxygen atoms in total. The van der Waals surface area contributed by atoms with Crippen molar-refractivity contribution in [1.29, 1.82) is 0 Å². The molecule has 1 amide bonds. The lowest BCUT2D eigenvalue weighted by Crippen LogP contribution is -2.25. The van der Waals surface area contributed by atoms with Crippen molar-refractivity contribution in [1.82, 2.24) is 20.1 Å². The predicted molar refractivity (Wildman–Crippen MR) is 120 cm³/mol. The smallest absolute Gasteiger partial charge is 0.221 e. The number of rotatable bonds is 13. The molecule has 1 aromatic carbocycles. The molecule has 2 aromatic rings. The van der Waals surface area contributed by atoms with Gasteiger partial charge in [0.05, 0.1) is 6.61 Å². The number of benzene rings is 1. The molecule has 0 fully saturated rings. The van der Waals surface area contributed by atoms with Gasteiger partial charge >= 0.3 is 0 Å². The van der Waals surface area contributed by atoms with Gasteiger partial charge < -0.3 is 10.1 Å². The van der Waals surface area contributed by atoms with Crippen molar-refractivity contribution >= 4 is 18.1 Å². The molecule has 0 saturated heterocycles.